The highest BCUT2D eigenvalue weighted by molar-refractivity contribution is 6.13. The van der Waals surface area contributed by atoms with E-state index in [1.807, 2.05) is 76.2 Å². The van der Waals surface area contributed by atoms with E-state index >= 15 is 0 Å². The molecule has 2 aromatic rings. The smallest absolute Gasteiger partial charge is 0.234 e. The predicted molar refractivity (Wildman–Crippen MR) is 136 cm³/mol. The first kappa shape index (κ1) is 23.9. The average Bonchev–Trinajstić information content (AvgIpc) is 2.73. The van der Waals surface area contributed by atoms with Crippen molar-refractivity contribution in [2.45, 2.75) is 66.4 Å². The molecule has 0 saturated heterocycles. The number of aliphatic imine (C=N–C) groups is 1. The van der Waals surface area contributed by atoms with Crippen LogP contribution in [0.5, 0.6) is 5.75 Å². The molecule has 2 aliphatic rings. The maximum Gasteiger partial charge on any atom is 0.234 e. The molecule has 1 unspecified atom stereocenters. The number of rotatable bonds is 5. The van der Waals surface area contributed by atoms with Crippen LogP contribution in [-0.2, 0) is 9.59 Å². The molecule has 1 N–H and O–H groups in total. The SMILES string of the molecule is CC1=NC2=C(C(=O)CC(C)(C)C2)[C@@H](c2ccccc2OC(C)C)C1C(=O)Nc1ccccc1C. The number of amides is 1. The van der Waals surface area contributed by atoms with E-state index in [0.717, 1.165) is 28.2 Å². The number of nitrogens with zero attached hydrogens (tertiary/aromatic N) is 1. The van der Waals surface area contributed by atoms with Gasteiger partial charge in [-0.15, -0.1) is 0 Å². The van der Waals surface area contributed by atoms with Crippen molar-refractivity contribution in [3.8, 4) is 5.75 Å². The largest absolute Gasteiger partial charge is 0.491 e. The van der Waals surface area contributed by atoms with Gasteiger partial charge in [-0.1, -0.05) is 50.2 Å². The number of aryl methyl sites for hydroxylation is 1. The Labute approximate surface area is 202 Å². The molecule has 2 aromatic carbocycles. The van der Waals surface area contributed by atoms with E-state index in [0.29, 0.717) is 24.2 Å². The summed E-state index contributed by atoms with van der Waals surface area (Å²) in [5, 5.41) is 3.10. The summed E-state index contributed by atoms with van der Waals surface area (Å²) < 4.78 is 6.15. The molecule has 34 heavy (non-hydrogen) atoms. The van der Waals surface area contributed by atoms with E-state index in [2.05, 4.69) is 19.2 Å². The van der Waals surface area contributed by atoms with Gasteiger partial charge in [0.2, 0.25) is 5.91 Å². The predicted octanol–water partition coefficient (Wildman–Crippen LogP) is 6.24. The van der Waals surface area contributed by atoms with Crippen molar-refractivity contribution < 1.29 is 14.3 Å². The molecular formula is C29H34N2O3. The van der Waals surface area contributed by atoms with E-state index in [-0.39, 0.29) is 23.2 Å². The number of hydrogen-bond acceptors (Lipinski definition) is 4. The Morgan fingerprint density at radius 1 is 1.06 bits per heavy atom. The summed E-state index contributed by atoms with van der Waals surface area (Å²) in [5.74, 6) is -0.449. The zero-order valence-corrected chi connectivity index (χ0v) is 20.9. The Bertz CT molecular complexity index is 1190. The van der Waals surface area contributed by atoms with Gasteiger partial charge in [0.05, 0.1) is 12.0 Å². The van der Waals surface area contributed by atoms with Crippen LogP contribution in [0.2, 0.25) is 0 Å². The fraction of sp³-hybridized carbons (Fsp3) is 0.414. The Balaban J connectivity index is 1.85. The van der Waals surface area contributed by atoms with Crippen LogP contribution in [0.15, 0.2) is 64.8 Å². The minimum atomic E-state index is -0.611. The van der Waals surface area contributed by atoms with Crippen molar-refractivity contribution >= 4 is 23.1 Å². The molecule has 2 atom stereocenters. The minimum absolute atomic E-state index is 0.0341. The third-order valence-corrected chi connectivity index (χ3v) is 6.60. The van der Waals surface area contributed by atoms with Crippen molar-refractivity contribution in [1.29, 1.82) is 0 Å². The highest BCUT2D eigenvalue weighted by Gasteiger charge is 2.46. The van der Waals surface area contributed by atoms with Gasteiger partial charge in [-0.2, -0.15) is 0 Å². The van der Waals surface area contributed by atoms with Crippen molar-refractivity contribution in [2.75, 3.05) is 5.32 Å². The highest BCUT2D eigenvalue weighted by atomic mass is 16.5. The number of ketones is 1. The monoisotopic (exact) mass is 458 g/mol. The van der Waals surface area contributed by atoms with E-state index in [9.17, 15) is 9.59 Å². The van der Waals surface area contributed by atoms with Crippen LogP contribution in [0.4, 0.5) is 5.69 Å². The van der Waals surface area contributed by atoms with Gasteiger partial charge in [0.25, 0.3) is 0 Å². The Morgan fingerprint density at radius 2 is 1.74 bits per heavy atom. The van der Waals surface area contributed by atoms with Crippen LogP contribution in [0, 0.1) is 18.3 Å². The first-order chi connectivity index (χ1) is 16.1. The number of carbonyl (C=O) groups is 2. The second-order valence-corrected chi connectivity index (χ2v) is 10.5. The Kier molecular flexibility index (Phi) is 6.48. The first-order valence-electron chi connectivity index (χ1n) is 12.0. The standard InChI is InChI=1S/C29H34N2O3/c1-17(2)34-24-14-10-8-12-20(24)26-25(28(33)31-21-13-9-7-11-18(21)3)19(4)30-22-15-29(5,6)16-23(32)27(22)26/h7-14,17,25-26H,15-16H2,1-6H3,(H,31,33)/t25?,26-/m0/s1. The van der Waals surface area contributed by atoms with Crippen molar-refractivity contribution in [2.24, 2.45) is 16.3 Å². The lowest BCUT2D eigenvalue weighted by atomic mass is 9.66. The summed E-state index contributed by atoms with van der Waals surface area (Å²) >= 11 is 0. The maximum absolute atomic E-state index is 13.8. The van der Waals surface area contributed by atoms with Crippen LogP contribution in [-0.4, -0.2) is 23.5 Å². The van der Waals surface area contributed by atoms with Crippen molar-refractivity contribution in [3.63, 3.8) is 0 Å². The van der Waals surface area contributed by atoms with E-state index in [4.69, 9.17) is 9.73 Å². The molecule has 4 rings (SSSR count). The lowest BCUT2D eigenvalue weighted by molar-refractivity contribution is -0.119. The van der Waals surface area contributed by atoms with E-state index < -0.39 is 11.8 Å². The van der Waals surface area contributed by atoms with Gasteiger partial charge in [-0.25, -0.2) is 0 Å². The number of para-hydroxylation sites is 2. The third-order valence-electron chi connectivity index (χ3n) is 6.60. The molecule has 0 bridgehead atoms. The average molecular weight is 459 g/mol. The second-order valence-electron chi connectivity index (χ2n) is 10.5. The van der Waals surface area contributed by atoms with Gasteiger partial charge < -0.3 is 10.1 Å². The zero-order valence-electron chi connectivity index (χ0n) is 20.9. The Morgan fingerprint density at radius 3 is 2.44 bits per heavy atom. The second kappa shape index (κ2) is 9.21. The number of nitrogens with one attached hydrogen (secondary N) is 1. The van der Waals surface area contributed by atoms with Crippen LogP contribution in [0.1, 0.15) is 64.5 Å². The van der Waals surface area contributed by atoms with Gasteiger partial charge >= 0.3 is 0 Å². The number of anilines is 1. The quantitative estimate of drug-likeness (QED) is 0.577. The molecular weight excluding hydrogens is 424 g/mol. The van der Waals surface area contributed by atoms with Crippen LogP contribution >= 0.6 is 0 Å². The van der Waals surface area contributed by atoms with Crippen LogP contribution in [0.3, 0.4) is 0 Å². The lowest BCUT2D eigenvalue weighted by Gasteiger charge is -2.39. The van der Waals surface area contributed by atoms with Gasteiger partial charge in [-0.05, 0) is 57.2 Å². The summed E-state index contributed by atoms with van der Waals surface area (Å²) in [5.41, 5.74) is 4.64. The number of allylic oxidation sites excluding steroid dienone is 2. The number of ether oxygens (including phenoxy) is 1. The van der Waals surface area contributed by atoms with Crippen LogP contribution < -0.4 is 10.1 Å². The van der Waals surface area contributed by atoms with Crippen molar-refractivity contribution in [3.05, 3.63) is 70.9 Å². The van der Waals surface area contributed by atoms with E-state index in [1.54, 1.807) is 0 Å². The number of Topliss-reactive ketones (excluding diaryl/α,β-unsaturated/α-hetero) is 1. The molecule has 178 valence electrons. The Hall–Kier alpha value is -3.21. The maximum atomic E-state index is 13.8. The van der Waals surface area contributed by atoms with Gasteiger partial charge in [0.15, 0.2) is 5.78 Å². The summed E-state index contributed by atoms with van der Waals surface area (Å²) in [7, 11) is 0. The molecule has 1 aliphatic carbocycles. The molecule has 5 nitrogen and oxygen atoms in total. The molecule has 0 saturated carbocycles. The number of carbonyl (C=O) groups excluding carboxylic acids is 2. The molecule has 5 heteroatoms. The third kappa shape index (κ3) is 4.70. The summed E-state index contributed by atoms with van der Waals surface area (Å²) in [6.07, 6.45) is 1.12. The fourth-order valence-corrected chi connectivity index (χ4v) is 5.14. The van der Waals surface area contributed by atoms with Gasteiger partial charge in [0.1, 0.15) is 5.75 Å². The van der Waals surface area contributed by atoms with Gasteiger partial charge in [0, 0.05) is 40.6 Å². The number of hydrogen-bond donors (Lipinski definition) is 1. The zero-order chi connectivity index (χ0) is 24.6. The summed E-state index contributed by atoms with van der Waals surface area (Å²) in [4.78, 5) is 32.2. The fourth-order valence-electron chi connectivity index (χ4n) is 5.14. The molecule has 0 radical (unpaired) electrons. The molecule has 1 aliphatic heterocycles. The number of benzene rings is 2. The van der Waals surface area contributed by atoms with Crippen LogP contribution in [0.25, 0.3) is 0 Å². The molecule has 0 fully saturated rings. The summed E-state index contributed by atoms with van der Waals surface area (Å²) in [6.45, 7) is 12.0. The molecule has 0 spiro atoms. The summed E-state index contributed by atoms with van der Waals surface area (Å²) in [6, 6.07) is 15.5. The van der Waals surface area contributed by atoms with Gasteiger partial charge in [-0.3, -0.25) is 14.6 Å². The molecule has 1 amide bonds. The topological polar surface area (TPSA) is 67.8 Å². The minimum Gasteiger partial charge on any atom is -0.491 e. The van der Waals surface area contributed by atoms with E-state index in [1.165, 1.54) is 0 Å². The molecule has 0 aromatic heterocycles. The first-order valence-corrected chi connectivity index (χ1v) is 12.0. The highest BCUT2D eigenvalue weighted by Crippen LogP contribution is 2.49. The van der Waals surface area contributed by atoms with Crippen molar-refractivity contribution in [1.82, 2.24) is 0 Å². The lowest BCUT2D eigenvalue weighted by Crippen LogP contribution is -2.41. The molecule has 1 heterocycles. The normalized spacial score (nSPS) is 21.7.